The van der Waals surface area contributed by atoms with E-state index in [4.69, 9.17) is 5.41 Å². The SMILES string of the molecule is C=NN(/C=C\C)C(=N)/C=C\C. The van der Waals surface area contributed by atoms with Gasteiger partial charge < -0.3 is 0 Å². The summed E-state index contributed by atoms with van der Waals surface area (Å²) in [6.07, 6.45) is 6.90. The van der Waals surface area contributed by atoms with Crippen molar-refractivity contribution in [2.45, 2.75) is 13.8 Å². The zero-order valence-corrected chi connectivity index (χ0v) is 6.91. The van der Waals surface area contributed by atoms with Crippen molar-refractivity contribution >= 4 is 12.6 Å². The number of hydrogen-bond acceptors (Lipinski definition) is 2. The van der Waals surface area contributed by atoms with Gasteiger partial charge in [0.1, 0.15) is 5.84 Å². The summed E-state index contributed by atoms with van der Waals surface area (Å²) in [5, 5.41) is 12.4. The average Bonchev–Trinajstić information content (AvgIpc) is 2.00. The van der Waals surface area contributed by atoms with Crippen LogP contribution in [-0.4, -0.2) is 17.6 Å². The largest absolute Gasteiger partial charge is 0.283 e. The van der Waals surface area contributed by atoms with Gasteiger partial charge in [0.2, 0.25) is 0 Å². The lowest BCUT2D eigenvalue weighted by Crippen LogP contribution is -2.15. The van der Waals surface area contributed by atoms with Gasteiger partial charge in [0.25, 0.3) is 0 Å². The van der Waals surface area contributed by atoms with E-state index in [2.05, 4.69) is 11.8 Å². The van der Waals surface area contributed by atoms with Gasteiger partial charge in [-0.2, -0.15) is 5.10 Å². The quantitative estimate of drug-likeness (QED) is 0.374. The molecule has 1 N–H and O–H groups in total. The first-order valence-corrected chi connectivity index (χ1v) is 3.36. The summed E-state index contributed by atoms with van der Waals surface area (Å²) in [4.78, 5) is 0. The molecule has 0 aromatic heterocycles. The van der Waals surface area contributed by atoms with E-state index in [1.807, 2.05) is 13.8 Å². The Morgan fingerprint density at radius 3 is 2.45 bits per heavy atom. The number of hydrogen-bond donors (Lipinski definition) is 1. The van der Waals surface area contributed by atoms with Gasteiger partial charge in [-0.15, -0.1) is 0 Å². The molecular weight excluding hydrogens is 138 g/mol. The van der Waals surface area contributed by atoms with Gasteiger partial charge in [0.05, 0.1) is 0 Å². The van der Waals surface area contributed by atoms with Crippen LogP contribution in [0.1, 0.15) is 13.8 Å². The van der Waals surface area contributed by atoms with Crippen molar-refractivity contribution < 1.29 is 0 Å². The Labute approximate surface area is 67.2 Å². The van der Waals surface area contributed by atoms with Crippen LogP contribution in [0.3, 0.4) is 0 Å². The van der Waals surface area contributed by atoms with Crippen molar-refractivity contribution in [2.24, 2.45) is 5.10 Å². The highest BCUT2D eigenvalue weighted by Crippen LogP contribution is 1.93. The minimum atomic E-state index is 0.306. The molecule has 3 nitrogen and oxygen atoms in total. The van der Waals surface area contributed by atoms with Gasteiger partial charge >= 0.3 is 0 Å². The first-order chi connectivity index (χ1) is 5.26. The van der Waals surface area contributed by atoms with Gasteiger partial charge in [-0.1, -0.05) is 12.2 Å². The van der Waals surface area contributed by atoms with E-state index in [1.165, 1.54) is 5.01 Å². The normalized spacial score (nSPS) is 10.7. The van der Waals surface area contributed by atoms with Crippen LogP contribution in [-0.2, 0) is 0 Å². The topological polar surface area (TPSA) is 39.5 Å². The summed E-state index contributed by atoms with van der Waals surface area (Å²) < 4.78 is 0. The third kappa shape index (κ3) is 3.35. The van der Waals surface area contributed by atoms with Gasteiger partial charge in [0, 0.05) is 12.9 Å². The van der Waals surface area contributed by atoms with Crippen LogP contribution in [0.5, 0.6) is 0 Å². The second kappa shape index (κ2) is 5.41. The van der Waals surface area contributed by atoms with Crippen LogP contribution >= 0.6 is 0 Å². The molecule has 0 radical (unpaired) electrons. The Kier molecular flexibility index (Phi) is 4.73. The lowest BCUT2D eigenvalue weighted by atomic mass is 10.4. The van der Waals surface area contributed by atoms with Gasteiger partial charge in [0.15, 0.2) is 0 Å². The summed E-state index contributed by atoms with van der Waals surface area (Å²) in [7, 11) is 0. The van der Waals surface area contributed by atoms with Crippen molar-refractivity contribution in [1.29, 1.82) is 5.41 Å². The fraction of sp³-hybridized carbons (Fsp3) is 0.250. The molecule has 0 bridgehead atoms. The second-order valence-corrected chi connectivity index (χ2v) is 1.85. The van der Waals surface area contributed by atoms with Crippen LogP contribution in [0.25, 0.3) is 0 Å². The fourth-order valence-electron chi connectivity index (χ4n) is 0.579. The van der Waals surface area contributed by atoms with E-state index in [0.29, 0.717) is 5.84 Å². The van der Waals surface area contributed by atoms with Crippen molar-refractivity contribution in [3.63, 3.8) is 0 Å². The molecule has 0 aliphatic carbocycles. The first kappa shape index (κ1) is 9.62. The predicted molar refractivity (Wildman–Crippen MR) is 48.7 cm³/mol. The molecule has 0 atom stereocenters. The molecule has 0 amide bonds. The van der Waals surface area contributed by atoms with Gasteiger partial charge in [-0.25, -0.2) is 5.01 Å². The number of amidine groups is 1. The van der Waals surface area contributed by atoms with E-state index in [1.54, 1.807) is 24.4 Å². The summed E-state index contributed by atoms with van der Waals surface area (Å²) in [5.74, 6) is 0.306. The second-order valence-electron chi connectivity index (χ2n) is 1.85. The predicted octanol–water partition coefficient (Wildman–Crippen LogP) is 1.99. The molecular formula is C8H13N3. The zero-order valence-electron chi connectivity index (χ0n) is 6.91. The summed E-state index contributed by atoms with van der Waals surface area (Å²) >= 11 is 0. The summed E-state index contributed by atoms with van der Waals surface area (Å²) in [5.41, 5.74) is 0. The Hall–Kier alpha value is -1.38. The van der Waals surface area contributed by atoms with Crippen molar-refractivity contribution in [3.05, 3.63) is 24.4 Å². The monoisotopic (exact) mass is 151 g/mol. The molecule has 0 fully saturated rings. The summed E-state index contributed by atoms with van der Waals surface area (Å²) in [6, 6.07) is 0. The third-order valence-corrected chi connectivity index (χ3v) is 1.01. The lowest BCUT2D eigenvalue weighted by Gasteiger charge is -2.09. The van der Waals surface area contributed by atoms with Crippen LogP contribution < -0.4 is 0 Å². The standard InChI is InChI=1S/C8H13N3/c1-4-6-8(9)11(10-3)7-5-2/h4-7,9H,3H2,1-2H3/b6-4-,7-5-,9-8?. The fourth-order valence-corrected chi connectivity index (χ4v) is 0.579. The number of allylic oxidation sites excluding steroid dienone is 2. The van der Waals surface area contributed by atoms with Crippen molar-refractivity contribution in [1.82, 2.24) is 5.01 Å². The maximum atomic E-state index is 7.40. The number of nitrogens with one attached hydrogen (secondary N) is 1. The molecule has 3 heteroatoms. The van der Waals surface area contributed by atoms with E-state index >= 15 is 0 Å². The average molecular weight is 151 g/mol. The molecule has 0 saturated carbocycles. The highest BCUT2D eigenvalue weighted by Gasteiger charge is 1.96. The molecule has 0 rings (SSSR count). The smallest absolute Gasteiger partial charge is 0.145 e. The molecule has 0 aliphatic rings. The lowest BCUT2D eigenvalue weighted by molar-refractivity contribution is 0.606. The van der Waals surface area contributed by atoms with E-state index < -0.39 is 0 Å². The highest BCUT2D eigenvalue weighted by molar-refractivity contribution is 5.90. The maximum absolute atomic E-state index is 7.40. The van der Waals surface area contributed by atoms with Crippen LogP contribution in [0, 0.1) is 5.41 Å². The molecule has 0 aromatic carbocycles. The molecule has 0 unspecified atom stereocenters. The van der Waals surface area contributed by atoms with E-state index in [9.17, 15) is 0 Å². The molecule has 0 saturated heterocycles. The number of nitrogens with zero attached hydrogens (tertiary/aromatic N) is 2. The molecule has 0 aromatic rings. The Morgan fingerprint density at radius 2 is 2.09 bits per heavy atom. The van der Waals surface area contributed by atoms with E-state index in [-0.39, 0.29) is 0 Å². The number of hydrazone groups is 1. The Morgan fingerprint density at radius 1 is 1.45 bits per heavy atom. The van der Waals surface area contributed by atoms with Crippen LogP contribution in [0.15, 0.2) is 29.5 Å². The molecule has 0 heterocycles. The zero-order chi connectivity index (χ0) is 8.69. The first-order valence-electron chi connectivity index (χ1n) is 3.36. The van der Waals surface area contributed by atoms with Gasteiger partial charge in [-0.3, -0.25) is 5.41 Å². The molecule has 11 heavy (non-hydrogen) atoms. The van der Waals surface area contributed by atoms with E-state index in [0.717, 1.165) is 0 Å². The highest BCUT2D eigenvalue weighted by atomic mass is 15.4. The molecule has 0 aliphatic heterocycles. The molecule has 0 spiro atoms. The van der Waals surface area contributed by atoms with Crippen molar-refractivity contribution in [3.8, 4) is 0 Å². The number of rotatable bonds is 3. The minimum absolute atomic E-state index is 0.306. The van der Waals surface area contributed by atoms with Crippen LogP contribution in [0.2, 0.25) is 0 Å². The Bertz CT molecular complexity index is 192. The molecule has 60 valence electrons. The minimum Gasteiger partial charge on any atom is -0.283 e. The summed E-state index contributed by atoms with van der Waals surface area (Å²) in [6.45, 7) is 7.05. The van der Waals surface area contributed by atoms with Crippen LogP contribution in [0.4, 0.5) is 0 Å². The van der Waals surface area contributed by atoms with Gasteiger partial charge in [-0.05, 0) is 19.9 Å². The van der Waals surface area contributed by atoms with Crippen molar-refractivity contribution in [2.75, 3.05) is 0 Å². The maximum Gasteiger partial charge on any atom is 0.145 e. The third-order valence-electron chi connectivity index (χ3n) is 1.01. The Balaban J connectivity index is 4.25.